The maximum absolute atomic E-state index is 12.3. The minimum absolute atomic E-state index is 0.00423. The van der Waals surface area contributed by atoms with Crippen LogP contribution in [0.5, 0.6) is 0 Å². The van der Waals surface area contributed by atoms with E-state index in [0.29, 0.717) is 19.1 Å². The van der Waals surface area contributed by atoms with Gasteiger partial charge in [-0.1, -0.05) is 67.6 Å². The highest BCUT2D eigenvalue weighted by molar-refractivity contribution is 6.35. The van der Waals surface area contributed by atoms with Crippen molar-refractivity contribution in [1.82, 2.24) is 15.5 Å². The average Bonchev–Trinajstić information content (AvgIpc) is 3.21. The summed E-state index contributed by atoms with van der Waals surface area (Å²) in [5, 5.41) is 5.61. The van der Waals surface area contributed by atoms with Crippen molar-refractivity contribution >= 4 is 11.8 Å². The lowest BCUT2D eigenvalue weighted by Gasteiger charge is -2.23. The lowest BCUT2D eigenvalue weighted by molar-refractivity contribution is -0.139. The number of nitrogens with one attached hydrogen (secondary N) is 2. The highest BCUT2D eigenvalue weighted by Gasteiger charge is 2.25. The Balaban J connectivity index is 1.57. The molecule has 2 N–H and O–H groups in total. The monoisotopic (exact) mass is 379 g/mol. The van der Waals surface area contributed by atoms with Crippen LogP contribution in [0.25, 0.3) is 0 Å². The van der Waals surface area contributed by atoms with Crippen molar-refractivity contribution < 1.29 is 9.59 Å². The standard InChI is InChI=1S/C23H29N3O2/c1-2-26-15-9-14-20(26)16-24-22(27)23(28)25-17-21(18-10-5-3-6-11-18)19-12-7-4-8-13-19/h3-8,10-13,20-21H,2,9,14-17H2,1H3,(H,24,27)(H,25,28)/t20-/m0/s1. The summed E-state index contributed by atoms with van der Waals surface area (Å²) in [6.07, 6.45) is 2.22. The zero-order valence-corrected chi connectivity index (χ0v) is 16.4. The number of hydrogen-bond acceptors (Lipinski definition) is 3. The van der Waals surface area contributed by atoms with Crippen LogP contribution in [0.15, 0.2) is 60.7 Å². The number of likely N-dealkylation sites (tertiary alicyclic amines) is 1. The Hall–Kier alpha value is -2.66. The van der Waals surface area contributed by atoms with Crippen LogP contribution >= 0.6 is 0 Å². The first-order valence-corrected chi connectivity index (χ1v) is 10.1. The topological polar surface area (TPSA) is 61.4 Å². The predicted molar refractivity (Wildman–Crippen MR) is 111 cm³/mol. The van der Waals surface area contributed by atoms with Gasteiger partial charge in [0.25, 0.3) is 0 Å². The zero-order chi connectivity index (χ0) is 19.8. The van der Waals surface area contributed by atoms with Crippen LogP contribution in [-0.4, -0.2) is 48.9 Å². The van der Waals surface area contributed by atoms with Gasteiger partial charge < -0.3 is 10.6 Å². The molecule has 5 nitrogen and oxygen atoms in total. The van der Waals surface area contributed by atoms with E-state index in [9.17, 15) is 9.59 Å². The van der Waals surface area contributed by atoms with Crippen LogP contribution < -0.4 is 10.6 Å². The van der Waals surface area contributed by atoms with Crippen LogP contribution in [0.1, 0.15) is 36.8 Å². The summed E-state index contributed by atoms with van der Waals surface area (Å²) in [6.45, 7) is 5.08. The number of rotatable bonds is 7. The van der Waals surface area contributed by atoms with Crippen LogP contribution in [0.2, 0.25) is 0 Å². The molecule has 1 saturated heterocycles. The van der Waals surface area contributed by atoms with Crippen molar-refractivity contribution in [3.8, 4) is 0 Å². The molecule has 3 rings (SSSR count). The SMILES string of the molecule is CCN1CCC[C@H]1CNC(=O)C(=O)NCC(c1ccccc1)c1ccccc1. The number of hydrogen-bond donors (Lipinski definition) is 2. The molecule has 1 aliphatic heterocycles. The second-order valence-corrected chi connectivity index (χ2v) is 7.22. The van der Waals surface area contributed by atoms with E-state index in [1.807, 2.05) is 60.7 Å². The summed E-state index contributed by atoms with van der Waals surface area (Å²) in [6, 6.07) is 20.4. The molecule has 0 saturated carbocycles. The molecule has 1 aliphatic rings. The molecule has 2 amide bonds. The number of benzene rings is 2. The summed E-state index contributed by atoms with van der Waals surface area (Å²) in [4.78, 5) is 26.9. The molecule has 0 radical (unpaired) electrons. The van der Waals surface area contributed by atoms with Crippen molar-refractivity contribution in [3.05, 3.63) is 71.8 Å². The van der Waals surface area contributed by atoms with E-state index in [4.69, 9.17) is 0 Å². The number of amides is 2. The zero-order valence-electron chi connectivity index (χ0n) is 16.4. The van der Waals surface area contributed by atoms with E-state index in [0.717, 1.165) is 37.1 Å². The summed E-state index contributed by atoms with van der Waals surface area (Å²) >= 11 is 0. The van der Waals surface area contributed by atoms with E-state index in [-0.39, 0.29) is 5.92 Å². The van der Waals surface area contributed by atoms with E-state index >= 15 is 0 Å². The Morgan fingerprint density at radius 1 is 0.964 bits per heavy atom. The summed E-state index contributed by atoms with van der Waals surface area (Å²) in [7, 11) is 0. The molecule has 28 heavy (non-hydrogen) atoms. The molecule has 0 bridgehead atoms. The first-order chi connectivity index (χ1) is 13.7. The molecule has 5 heteroatoms. The Labute approximate surface area is 167 Å². The van der Waals surface area contributed by atoms with Gasteiger partial charge in [-0.25, -0.2) is 0 Å². The third kappa shape index (κ3) is 5.20. The highest BCUT2D eigenvalue weighted by Crippen LogP contribution is 2.23. The van der Waals surface area contributed by atoms with Gasteiger partial charge >= 0.3 is 11.8 Å². The van der Waals surface area contributed by atoms with Gasteiger partial charge in [0.1, 0.15) is 0 Å². The van der Waals surface area contributed by atoms with Crippen LogP contribution in [0, 0.1) is 0 Å². The smallest absolute Gasteiger partial charge is 0.309 e. The number of nitrogens with zero attached hydrogens (tertiary/aromatic N) is 1. The van der Waals surface area contributed by atoms with Gasteiger partial charge in [-0.3, -0.25) is 14.5 Å². The second kappa shape index (κ2) is 10.0. The third-order valence-electron chi connectivity index (χ3n) is 5.48. The van der Waals surface area contributed by atoms with Crippen molar-refractivity contribution in [1.29, 1.82) is 0 Å². The molecule has 0 spiro atoms. The van der Waals surface area contributed by atoms with Crippen molar-refractivity contribution in [2.24, 2.45) is 0 Å². The summed E-state index contributed by atoms with van der Waals surface area (Å²) < 4.78 is 0. The fourth-order valence-corrected chi connectivity index (χ4v) is 3.91. The Morgan fingerprint density at radius 3 is 2.11 bits per heavy atom. The lowest BCUT2D eigenvalue weighted by Crippen LogP contribution is -2.46. The van der Waals surface area contributed by atoms with Gasteiger partial charge in [-0.2, -0.15) is 0 Å². The fraction of sp³-hybridized carbons (Fsp3) is 0.391. The third-order valence-corrected chi connectivity index (χ3v) is 5.48. The molecule has 1 fully saturated rings. The number of carbonyl (C=O) groups excluding carboxylic acids is 2. The van der Waals surface area contributed by atoms with Crippen LogP contribution in [0.3, 0.4) is 0 Å². The Morgan fingerprint density at radius 2 is 1.54 bits per heavy atom. The van der Waals surface area contributed by atoms with Gasteiger partial charge in [-0.05, 0) is 37.1 Å². The van der Waals surface area contributed by atoms with Gasteiger partial charge in [0.15, 0.2) is 0 Å². The van der Waals surface area contributed by atoms with E-state index in [1.165, 1.54) is 0 Å². The minimum Gasteiger partial charge on any atom is -0.347 e. The first-order valence-electron chi connectivity index (χ1n) is 10.1. The van der Waals surface area contributed by atoms with Crippen molar-refractivity contribution in [2.45, 2.75) is 31.7 Å². The molecular formula is C23H29N3O2. The van der Waals surface area contributed by atoms with E-state index in [1.54, 1.807) is 0 Å². The second-order valence-electron chi connectivity index (χ2n) is 7.22. The minimum atomic E-state index is -0.571. The Kier molecular flexibility index (Phi) is 7.20. The fourth-order valence-electron chi connectivity index (χ4n) is 3.91. The molecule has 2 aromatic carbocycles. The number of likely N-dealkylation sites (N-methyl/N-ethyl adjacent to an activating group) is 1. The van der Waals surface area contributed by atoms with Crippen molar-refractivity contribution in [2.75, 3.05) is 26.2 Å². The molecule has 0 aromatic heterocycles. The quantitative estimate of drug-likeness (QED) is 0.727. The van der Waals surface area contributed by atoms with Gasteiger partial charge in [-0.15, -0.1) is 0 Å². The Bertz CT molecular complexity index is 724. The van der Waals surface area contributed by atoms with Gasteiger partial charge in [0.05, 0.1) is 0 Å². The van der Waals surface area contributed by atoms with Crippen molar-refractivity contribution in [3.63, 3.8) is 0 Å². The lowest BCUT2D eigenvalue weighted by atomic mass is 9.91. The molecule has 0 aliphatic carbocycles. The highest BCUT2D eigenvalue weighted by atomic mass is 16.2. The number of carbonyl (C=O) groups is 2. The van der Waals surface area contributed by atoms with E-state index < -0.39 is 11.8 Å². The largest absolute Gasteiger partial charge is 0.347 e. The van der Waals surface area contributed by atoms with Gasteiger partial charge in [0.2, 0.25) is 0 Å². The summed E-state index contributed by atoms with van der Waals surface area (Å²) in [5.74, 6) is -1.12. The predicted octanol–water partition coefficient (Wildman–Crippen LogP) is 2.54. The van der Waals surface area contributed by atoms with E-state index in [2.05, 4.69) is 22.5 Å². The molecule has 1 heterocycles. The average molecular weight is 380 g/mol. The van der Waals surface area contributed by atoms with Crippen LogP contribution in [0.4, 0.5) is 0 Å². The maximum atomic E-state index is 12.3. The molecule has 0 unspecified atom stereocenters. The molecule has 148 valence electrons. The molecule has 1 atom stereocenters. The van der Waals surface area contributed by atoms with Gasteiger partial charge in [0, 0.05) is 25.0 Å². The normalized spacial score (nSPS) is 16.9. The van der Waals surface area contributed by atoms with Crippen LogP contribution in [-0.2, 0) is 9.59 Å². The molecular weight excluding hydrogens is 350 g/mol. The maximum Gasteiger partial charge on any atom is 0.309 e. The molecule has 2 aromatic rings. The summed E-state index contributed by atoms with van der Waals surface area (Å²) in [5.41, 5.74) is 2.22. The first kappa shape index (κ1) is 20.1.